The molecule has 1 aliphatic heterocycles. The molecule has 1 aliphatic rings. The lowest BCUT2D eigenvalue weighted by Crippen LogP contribution is -2.29. The number of hydrogen-bond donors (Lipinski definition) is 1. The van der Waals surface area contributed by atoms with Gasteiger partial charge >= 0.3 is 0 Å². The molecule has 2 heterocycles. The number of nitrogens with one attached hydrogen (secondary N) is 1. The van der Waals surface area contributed by atoms with Crippen LogP contribution in [0.5, 0.6) is 17.2 Å². The predicted molar refractivity (Wildman–Crippen MR) is 133 cm³/mol. The number of carbonyl (C=O) groups is 1. The van der Waals surface area contributed by atoms with Gasteiger partial charge in [0, 0.05) is 21.3 Å². The van der Waals surface area contributed by atoms with Crippen molar-refractivity contribution in [2.24, 2.45) is 0 Å². The van der Waals surface area contributed by atoms with Crippen molar-refractivity contribution in [2.75, 3.05) is 26.2 Å². The minimum atomic E-state index is -0.417. The summed E-state index contributed by atoms with van der Waals surface area (Å²) in [5, 5.41) is 7.52. The van der Waals surface area contributed by atoms with Crippen molar-refractivity contribution in [1.29, 1.82) is 0 Å². The fourth-order valence-corrected chi connectivity index (χ4v) is 4.59. The van der Waals surface area contributed by atoms with Crippen LogP contribution >= 0.6 is 15.9 Å². The number of nitrogens with zero attached hydrogens (tertiary/aromatic N) is 2. The van der Waals surface area contributed by atoms with E-state index in [1.807, 2.05) is 66.7 Å². The molecule has 0 fully saturated rings. The summed E-state index contributed by atoms with van der Waals surface area (Å²) in [7, 11) is 4.82. The van der Waals surface area contributed by atoms with Gasteiger partial charge in [0.15, 0.2) is 11.5 Å². The number of methoxy groups -OCH3 is 3. The molecular formula is C26H22BrN3O4. The zero-order valence-electron chi connectivity index (χ0n) is 18.8. The number of anilines is 1. The molecule has 1 N–H and O–H groups in total. The monoisotopic (exact) mass is 519 g/mol. The van der Waals surface area contributed by atoms with E-state index < -0.39 is 6.04 Å². The van der Waals surface area contributed by atoms with Crippen molar-refractivity contribution in [2.45, 2.75) is 6.04 Å². The van der Waals surface area contributed by atoms with E-state index in [0.29, 0.717) is 22.9 Å². The highest BCUT2D eigenvalue weighted by Crippen LogP contribution is 2.46. The molecule has 0 saturated heterocycles. The zero-order chi connectivity index (χ0) is 23.8. The second-order valence-corrected chi connectivity index (χ2v) is 8.67. The van der Waals surface area contributed by atoms with Gasteiger partial charge in [0.2, 0.25) is 0 Å². The lowest BCUT2D eigenvalue weighted by Gasteiger charge is -2.27. The highest BCUT2D eigenvalue weighted by atomic mass is 79.9. The van der Waals surface area contributed by atoms with Crippen molar-refractivity contribution in [3.8, 4) is 28.5 Å². The molecule has 4 aromatic rings. The number of ether oxygens (including phenoxy) is 3. The van der Waals surface area contributed by atoms with Crippen molar-refractivity contribution in [3.05, 3.63) is 88.0 Å². The molecule has 172 valence electrons. The fraction of sp³-hybridized carbons (Fsp3) is 0.154. The number of fused-ring (bicyclic) bond motifs is 1. The zero-order valence-corrected chi connectivity index (χ0v) is 20.4. The van der Waals surface area contributed by atoms with Crippen molar-refractivity contribution in [3.63, 3.8) is 0 Å². The quantitative estimate of drug-likeness (QED) is 0.358. The van der Waals surface area contributed by atoms with Crippen LogP contribution in [0.15, 0.2) is 71.2 Å². The summed E-state index contributed by atoms with van der Waals surface area (Å²) in [5.74, 6) is 1.81. The molecule has 1 atom stereocenters. The summed E-state index contributed by atoms with van der Waals surface area (Å²) < 4.78 is 17.2. The average Bonchev–Trinajstić information content (AvgIpc) is 3.43. The average molecular weight is 520 g/mol. The van der Waals surface area contributed by atoms with Crippen molar-refractivity contribution >= 4 is 27.5 Å². The predicted octanol–water partition coefficient (Wildman–Crippen LogP) is 5.61. The van der Waals surface area contributed by atoms with E-state index in [0.717, 1.165) is 32.6 Å². The third-order valence-electron chi connectivity index (χ3n) is 5.96. The second-order valence-electron chi connectivity index (χ2n) is 7.76. The van der Waals surface area contributed by atoms with Crippen molar-refractivity contribution in [1.82, 2.24) is 10.2 Å². The second kappa shape index (κ2) is 8.87. The number of amides is 1. The van der Waals surface area contributed by atoms with Crippen molar-refractivity contribution < 1.29 is 19.0 Å². The number of H-pyrrole nitrogens is 1. The first-order valence-corrected chi connectivity index (χ1v) is 11.4. The summed E-state index contributed by atoms with van der Waals surface area (Å²) >= 11 is 3.48. The van der Waals surface area contributed by atoms with Crippen LogP contribution in [0.25, 0.3) is 11.3 Å². The Morgan fingerprint density at radius 1 is 0.882 bits per heavy atom. The first-order chi connectivity index (χ1) is 16.5. The Balaban J connectivity index is 1.71. The third kappa shape index (κ3) is 3.60. The molecule has 34 heavy (non-hydrogen) atoms. The van der Waals surface area contributed by atoms with Gasteiger partial charge in [0.05, 0.1) is 33.1 Å². The maximum atomic E-state index is 13.7. The van der Waals surface area contributed by atoms with Gasteiger partial charge in [0.25, 0.3) is 5.91 Å². The summed E-state index contributed by atoms with van der Waals surface area (Å²) in [6.07, 6.45) is 0. The van der Waals surface area contributed by atoms with Crippen LogP contribution in [0.2, 0.25) is 0 Å². The van der Waals surface area contributed by atoms with Crippen LogP contribution < -0.4 is 19.1 Å². The minimum absolute atomic E-state index is 0.149. The molecule has 5 rings (SSSR count). The van der Waals surface area contributed by atoms with E-state index in [4.69, 9.17) is 14.2 Å². The highest BCUT2D eigenvalue weighted by Gasteiger charge is 2.43. The number of benzene rings is 3. The Morgan fingerprint density at radius 2 is 1.59 bits per heavy atom. The Bertz CT molecular complexity index is 1350. The van der Waals surface area contributed by atoms with E-state index in [1.54, 1.807) is 26.2 Å². The molecule has 1 aromatic heterocycles. The topological polar surface area (TPSA) is 76.7 Å². The third-order valence-corrected chi connectivity index (χ3v) is 6.49. The lowest BCUT2D eigenvalue weighted by molar-refractivity contribution is 0.0988. The van der Waals surface area contributed by atoms with Gasteiger partial charge in [-0.3, -0.25) is 14.8 Å². The standard InChI is InChI=1S/C26H22BrN3O4/c1-32-19-11-4-15(5-12-19)23-22-24(29-28-23)26(31)30(18-9-7-17(27)8-10-18)25(22)16-6-13-20(33-2)21(14-16)34-3/h4-14,25H,1-3H3,(H,28,29). The van der Waals surface area contributed by atoms with Crippen LogP contribution in [-0.2, 0) is 0 Å². The molecular weight excluding hydrogens is 498 g/mol. The molecule has 3 aromatic carbocycles. The molecule has 7 nitrogen and oxygen atoms in total. The molecule has 0 bridgehead atoms. The molecule has 0 aliphatic carbocycles. The van der Waals surface area contributed by atoms with E-state index in [2.05, 4.69) is 26.1 Å². The van der Waals surface area contributed by atoms with Gasteiger partial charge in [-0.05, 0) is 66.2 Å². The molecule has 1 amide bonds. The van der Waals surface area contributed by atoms with Crippen LogP contribution in [0.1, 0.15) is 27.7 Å². The molecule has 1 unspecified atom stereocenters. The van der Waals surface area contributed by atoms with Gasteiger partial charge in [-0.15, -0.1) is 0 Å². The SMILES string of the molecule is COc1ccc(-c2n[nH]c3c2C(c2ccc(OC)c(OC)c2)N(c2ccc(Br)cc2)C3=O)cc1. The maximum Gasteiger partial charge on any atom is 0.277 e. The smallest absolute Gasteiger partial charge is 0.277 e. The molecule has 0 saturated carbocycles. The normalized spacial score (nSPS) is 14.8. The molecule has 0 spiro atoms. The van der Waals surface area contributed by atoms with Gasteiger partial charge in [-0.1, -0.05) is 22.0 Å². The molecule has 0 radical (unpaired) electrons. The van der Waals surface area contributed by atoms with Gasteiger partial charge < -0.3 is 14.2 Å². The van der Waals surface area contributed by atoms with E-state index in [9.17, 15) is 4.79 Å². The Labute approximate surface area is 205 Å². The maximum absolute atomic E-state index is 13.7. The summed E-state index contributed by atoms with van der Waals surface area (Å²) in [6.45, 7) is 0. The number of hydrogen-bond acceptors (Lipinski definition) is 5. The fourth-order valence-electron chi connectivity index (χ4n) is 4.32. The number of halogens is 1. The number of aromatic nitrogens is 2. The van der Waals surface area contributed by atoms with Crippen LogP contribution in [-0.4, -0.2) is 37.4 Å². The Morgan fingerprint density at radius 3 is 2.24 bits per heavy atom. The summed E-state index contributed by atoms with van der Waals surface area (Å²) in [6, 6.07) is 20.6. The van der Waals surface area contributed by atoms with Crippen LogP contribution in [0.4, 0.5) is 5.69 Å². The van der Waals surface area contributed by atoms with Crippen LogP contribution in [0, 0.1) is 0 Å². The molecule has 8 heteroatoms. The largest absolute Gasteiger partial charge is 0.497 e. The van der Waals surface area contributed by atoms with E-state index in [1.165, 1.54) is 0 Å². The lowest BCUT2D eigenvalue weighted by atomic mass is 9.95. The highest BCUT2D eigenvalue weighted by molar-refractivity contribution is 9.10. The number of rotatable bonds is 6. The Hall–Kier alpha value is -3.78. The van der Waals surface area contributed by atoms with Gasteiger partial charge in [-0.25, -0.2) is 0 Å². The first-order valence-electron chi connectivity index (χ1n) is 10.6. The minimum Gasteiger partial charge on any atom is -0.497 e. The Kier molecular flexibility index (Phi) is 5.75. The summed E-state index contributed by atoms with van der Waals surface area (Å²) in [5.41, 5.74) is 4.53. The van der Waals surface area contributed by atoms with E-state index in [-0.39, 0.29) is 5.91 Å². The number of carbonyl (C=O) groups excluding carboxylic acids is 1. The number of aromatic amines is 1. The van der Waals surface area contributed by atoms with Gasteiger partial charge in [-0.2, -0.15) is 5.10 Å². The van der Waals surface area contributed by atoms with Crippen LogP contribution in [0.3, 0.4) is 0 Å². The summed E-state index contributed by atoms with van der Waals surface area (Å²) in [4.78, 5) is 15.4. The van der Waals surface area contributed by atoms with E-state index >= 15 is 0 Å². The van der Waals surface area contributed by atoms with Gasteiger partial charge in [0.1, 0.15) is 11.4 Å². The first kappa shape index (κ1) is 22.0.